The van der Waals surface area contributed by atoms with Crippen molar-refractivity contribution < 1.29 is 14.7 Å². The molecule has 92 valence electrons. The number of carboxylic acid groups (broad SMARTS) is 1. The normalized spacial score (nSPS) is 16.7. The van der Waals surface area contributed by atoms with Crippen molar-refractivity contribution in [2.75, 3.05) is 13.6 Å². The fourth-order valence-corrected chi connectivity index (χ4v) is 1.75. The molecule has 1 aliphatic carbocycles. The van der Waals surface area contributed by atoms with Crippen LogP contribution < -0.4 is 0 Å². The van der Waals surface area contributed by atoms with E-state index >= 15 is 0 Å². The first-order valence-electron chi connectivity index (χ1n) is 5.80. The van der Waals surface area contributed by atoms with E-state index in [0.29, 0.717) is 5.92 Å². The van der Waals surface area contributed by atoms with Crippen LogP contribution in [0.25, 0.3) is 0 Å². The molecule has 0 bridgehead atoms. The van der Waals surface area contributed by atoms with Crippen LogP contribution in [-0.4, -0.2) is 35.5 Å². The Kier molecular flexibility index (Phi) is 3.94. The molecule has 1 amide bonds. The third kappa shape index (κ3) is 3.22. The molecular formula is C12H21NO3. The lowest BCUT2D eigenvalue weighted by molar-refractivity contribution is -0.151. The van der Waals surface area contributed by atoms with Gasteiger partial charge < -0.3 is 10.0 Å². The molecule has 4 heteroatoms. The van der Waals surface area contributed by atoms with Crippen LogP contribution in [0.3, 0.4) is 0 Å². The molecule has 0 atom stereocenters. The second-order valence-electron chi connectivity index (χ2n) is 5.44. The minimum Gasteiger partial charge on any atom is -0.481 e. The zero-order valence-corrected chi connectivity index (χ0v) is 10.3. The summed E-state index contributed by atoms with van der Waals surface area (Å²) in [5.74, 6) is -0.362. The molecule has 1 saturated carbocycles. The molecule has 0 aromatic heterocycles. The van der Waals surface area contributed by atoms with Crippen molar-refractivity contribution in [2.45, 2.75) is 39.5 Å². The van der Waals surface area contributed by atoms with Crippen LogP contribution in [0.15, 0.2) is 0 Å². The molecule has 0 saturated heterocycles. The van der Waals surface area contributed by atoms with Gasteiger partial charge in [-0.15, -0.1) is 0 Å². The van der Waals surface area contributed by atoms with Crippen molar-refractivity contribution in [3.8, 4) is 0 Å². The Morgan fingerprint density at radius 1 is 1.38 bits per heavy atom. The second kappa shape index (κ2) is 4.85. The average Bonchev–Trinajstić information content (AvgIpc) is 2.09. The van der Waals surface area contributed by atoms with Crippen molar-refractivity contribution in [2.24, 2.45) is 11.3 Å². The predicted octanol–water partition coefficient (Wildman–Crippen LogP) is 1.75. The van der Waals surface area contributed by atoms with Gasteiger partial charge in [0.1, 0.15) is 0 Å². The molecule has 1 aliphatic rings. The van der Waals surface area contributed by atoms with Crippen LogP contribution in [0.4, 0.5) is 0 Å². The molecule has 1 fully saturated rings. The first-order chi connectivity index (χ1) is 7.33. The van der Waals surface area contributed by atoms with Gasteiger partial charge >= 0.3 is 5.97 Å². The van der Waals surface area contributed by atoms with E-state index in [0.717, 1.165) is 6.54 Å². The summed E-state index contributed by atoms with van der Waals surface area (Å²) in [6.45, 7) is 3.95. The van der Waals surface area contributed by atoms with Crippen molar-refractivity contribution in [3.05, 3.63) is 0 Å². The van der Waals surface area contributed by atoms with Crippen molar-refractivity contribution >= 4 is 11.9 Å². The van der Waals surface area contributed by atoms with E-state index in [1.165, 1.54) is 19.3 Å². The largest absolute Gasteiger partial charge is 0.481 e. The molecule has 0 unspecified atom stereocenters. The highest BCUT2D eigenvalue weighted by atomic mass is 16.4. The average molecular weight is 227 g/mol. The molecule has 16 heavy (non-hydrogen) atoms. The van der Waals surface area contributed by atoms with Gasteiger partial charge in [0.2, 0.25) is 5.91 Å². The maximum Gasteiger partial charge on any atom is 0.309 e. The monoisotopic (exact) mass is 227 g/mol. The van der Waals surface area contributed by atoms with Gasteiger partial charge in [0.15, 0.2) is 0 Å². The SMILES string of the molecule is CN(CC1CCC1)C(=O)CC(C)(C)C(=O)O. The molecule has 0 spiro atoms. The number of hydrogen-bond donors (Lipinski definition) is 1. The summed E-state index contributed by atoms with van der Waals surface area (Å²) < 4.78 is 0. The van der Waals surface area contributed by atoms with Gasteiger partial charge in [-0.05, 0) is 32.6 Å². The van der Waals surface area contributed by atoms with E-state index in [2.05, 4.69) is 0 Å². The van der Waals surface area contributed by atoms with Crippen molar-refractivity contribution in [1.29, 1.82) is 0 Å². The minimum absolute atomic E-state index is 0.0701. The van der Waals surface area contributed by atoms with E-state index in [4.69, 9.17) is 5.11 Å². The Hall–Kier alpha value is -1.06. The van der Waals surface area contributed by atoms with E-state index in [1.807, 2.05) is 0 Å². The third-order valence-electron chi connectivity index (χ3n) is 3.35. The maximum absolute atomic E-state index is 11.8. The van der Waals surface area contributed by atoms with Gasteiger partial charge in [-0.1, -0.05) is 6.42 Å². The van der Waals surface area contributed by atoms with Crippen LogP contribution in [0, 0.1) is 11.3 Å². The predicted molar refractivity (Wildman–Crippen MR) is 61.0 cm³/mol. The summed E-state index contributed by atoms with van der Waals surface area (Å²) in [6, 6.07) is 0. The van der Waals surface area contributed by atoms with Crippen LogP contribution >= 0.6 is 0 Å². The molecule has 0 aromatic carbocycles. The Balaban J connectivity index is 2.41. The van der Waals surface area contributed by atoms with E-state index in [1.54, 1.807) is 25.8 Å². The first kappa shape index (κ1) is 13.0. The second-order valence-corrected chi connectivity index (χ2v) is 5.44. The molecule has 4 nitrogen and oxygen atoms in total. The fourth-order valence-electron chi connectivity index (χ4n) is 1.75. The number of carbonyl (C=O) groups is 2. The number of nitrogens with zero attached hydrogens (tertiary/aromatic N) is 1. The van der Waals surface area contributed by atoms with Gasteiger partial charge in [-0.3, -0.25) is 9.59 Å². The van der Waals surface area contributed by atoms with Crippen molar-refractivity contribution in [3.63, 3.8) is 0 Å². The summed E-state index contributed by atoms with van der Waals surface area (Å²) in [6.07, 6.45) is 3.72. The number of carbonyl (C=O) groups excluding carboxylic acids is 1. The van der Waals surface area contributed by atoms with E-state index < -0.39 is 11.4 Å². The molecule has 1 rings (SSSR count). The number of aliphatic carboxylic acids is 1. The van der Waals surface area contributed by atoms with Gasteiger partial charge in [-0.2, -0.15) is 0 Å². The molecule has 1 N–H and O–H groups in total. The van der Waals surface area contributed by atoms with Crippen LogP contribution in [0.2, 0.25) is 0 Å². The summed E-state index contributed by atoms with van der Waals surface area (Å²) >= 11 is 0. The summed E-state index contributed by atoms with van der Waals surface area (Å²) in [5.41, 5.74) is -0.967. The number of amides is 1. The molecule has 0 heterocycles. The van der Waals surface area contributed by atoms with Crippen LogP contribution in [0.5, 0.6) is 0 Å². The van der Waals surface area contributed by atoms with Gasteiger partial charge in [0.25, 0.3) is 0 Å². The fraction of sp³-hybridized carbons (Fsp3) is 0.833. The van der Waals surface area contributed by atoms with Gasteiger partial charge in [0, 0.05) is 20.0 Å². The molecule has 0 radical (unpaired) electrons. The molecule has 0 aromatic rings. The number of rotatable bonds is 5. The highest BCUT2D eigenvalue weighted by molar-refractivity contribution is 5.84. The molecular weight excluding hydrogens is 206 g/mol. The maximum atomic E-state index is 11.8. The topological polar surface area (TPSA) is 57.6 Å². The quantitative estimate of drug-likeness (QED) is 0.778. The highest BCUT2D eigenvalue weighted by Gasteiger charge is 2.32. The summed E-state index contributed by atoms with van der Waals surface area (Å²) in [4.78, 5) is 24.4. The van der Waals surface area contributed by atoms with Crippen LogP contribution in [-0.2, 0) is 9.59 Å². The van der Waals surface area contributed by atoms with Crippen LogP contribution in [0.1, 0.15) is 39.5 Å². The lowest BCUT2D eigenvalue weighted by atomic mass is 9.84. The number of hydrogen-bond acceptors (Lipinski definition) is 2. The highest BCUT2D eigenvalue weighted by Crippen LogP contribution is 2.28. The zero-order chi connectivity index (χ0) is 12.3. The summed E-state index contributed by atoms with van der Waals surface area (Å²) in [5, 5.41) is 8.94. The first-order valence-corrected chi connectivity index (χ1v) is 5.80. The third-order valence-corrected chi connectivity index (χ3v) is 3.35. The lowest BCUT2D eigenvalue weighted by Crippen LogP contribution is -2.38. The standard InChI is InChI=1S/C12H21NO3/c1-12(2,11(15)16)7-10(14)13(3)8-9-5-4-6-9/h9H,4-8H2,1-3H3,(H,15,16). The van der Waals surface area contributed by atoms with Crippen molar-refractivity contribution in [1.82, 2.24) is 4.90 Å². The molecule has 0 aliphatic heterocycles. The Morgan fingerprint density at radius 3 is 2.31 bits per heavy atom. The van der Waals surface area contributed by atoms with E-state index in [9.17, 15) is 9.59 Å². The van der Waals surface area contributed by atoms with Gasteiger partial charge in [-0.25, -0.2) is 0 Å². The van der Waals surface area contributed by atoms with E-state index in [-0.39, 0.29) is 12.3 Å². The summed E-state index contributed by atoms with van der Waals surface area (Å²) in [7, 11) is 1.76. The lowest BCUT2D eigenvalue weighted by Gasteiger charge is -2.31. The minimum atomic E-state index is -0.967. The zero-order valence-electron chi connectivity index (χ0n) is 10.3. The Bertz CT molecular complexity index is 282. The number of carboxylic acids is 1. The Morgan fingerprint density at radius 2 is 1.94 bits per heavy atom. The Labute approximate surface area is 96.6 Å². The van der Waals surface area contributed by atoms with Gasteiger partial charge in [0.05, 0.1) is 5.41 Å². The smallest absolute Gasteiger partial charge is 0.309 e.